The minimum absolute atomic E-state index is 0.00337. The Labute approximate surface area is 173 Å². The fourth-order valence-electron chi connectivity index (χ4n) is 3.55. The van der Waals surface area contributed by atoms with Crippen molar-refractivity contribution in [3.63, 3.8) is 0 Å². The summed E-state index contributed by atoms with van der Waals surface area (Å²) in [5.41, 5.74) is 2.06. The molecule has 2 heterocycles. The van der Waals surface area contributed by atoms with Gasteiger partial charge in [0.1, 0.15) is 0 Å². The van der Waals surface area contributed by atoms with Gasteiger partial charge in [-0.1, -0.05) is 12.1 Å². The predicted octanol–water partition coefficient (Wildman–Crippen LogP) is 3.28. The summed E-state index contributed by atoms with van der Waals surface area (Å²) in [6.07, 6.45) is 4.21. The largest absolute Gasteiger partial charge is 0.339 e. The van der Waals surface area contributed by atoms with Crippen molar-refractivity contribution in [1.29, 1.82) is 0 Å². The third kappa shape index (κ3) is 4.25. The molecule has 1 aromatic heterocycles. The highest BCUT2D eigenvalue weighted by Gasteiger charge is 2.25. The average Bonchev–Trinajstić information content (AvgIpc) is 3.31. The van der Waals surface area contributed by atoms with E-state index in [1.165, 1.54) is 6.07 Å². The molecular formula is C23H21F2N3O2. The molecule has 1 fully saturated rings. The first-order chi connectivity index (χ1) is 14.5. The molecule has 0 N–H and O–H groups in total. The van der Waals surface area contributed by atoms with Crippen molar-refractivity contribution in [3.05, 3.63) is 89.8 Å². The Morgan fingerprint density at radius 2 is 1.43 bits per heavy atom. The van der Waals surface area contributed by atoms with Crippen molar-refractivity contribution in [1.82, 2.24) is 14.4 Å². The number of halogens is 2. The van der Waals surface area contributed by atoms with Crippen LogP contribution in [0.2, 0.25) is 0 Å². The first-order valence-electron chi connectivity index (χ1n) is 9.75. The van der Waals surface area contributed by atoms with Gasteiger partial charge in [0.2, 0.25) is 5.91 Å². The normalized spacial score (nSPS) is 14.1. The van der Waals surface area contributed by atoms with Crippen LogP contribution in [0.25, 0.3) is 5.69 Å². The van der Waals surface area contributed by atoms with Crippen LogP contribution in [-0.2, 0) is 11.2 Å². The molecule has 2 aromatic carbocycles. The second-order valence-electron chi connectivity index (χ2n) is 7.24. The van der Waals surface area contributed by atoms with Gasteiger partial charge in [-0.2, -0.15) is 0 Å². The second-order valence-corrected chi connectivity index (χ2v) is 7.24. The maximum Gasteiger partial charge on any atom is 0.254 e. The van der Waals surface area contributed by atoms with Gasteiger partial charge in [0.25, 0.3) is 5.91 Å². The van der Waals surface area contributed by atoms with E-state index >= 15 is 0 Å². The smallest absolute Gasteiger partial charge is 0.254 e. The van der Waals surface area contributed by atoms with Crippen LogP contribution in [0, 0.1) is 11.6 Å². The van der Waals surface area contributed by atoms with Crippen LogP contribution in [-0.4, -0.2) is 52.4 Å². The standard InChI is InChI=1S/C23H21F2N3O2/c24-20-8-5-18(16-21(20)25)23(30)28-13-11-27(12-14-28)22(29)15-17-3-6-19(7-4-17)26-9-1-2-10-26/h1-10,16H,11-15H2. The number of carbonyl (C=O) groups is 2. The molecule has 0 bridgehead atoms. The van der Waals surface area contributed by atoms with E-state index in [2.05, 4.69) is 0 Å². The van der Waals surface area contributed by atoms with Gasteiger partial charge >= 0.3 is 0 Å². The van der Waals surface area contributed by atoms with Crippen LogP contribution in [0.15, 0.2) is 67.0 Å². The summed E-state index contributed by atoms with van der Waals surface area (Å²) in [5.74, 6) is -2.38. The maximum atomic E-state index is 13.4. The van der Waals surface area contributed by atoms with E-state index in [-0.39, 0.29) is 17.4 Å². The molecule has 0 saturated carbocycles. The van der Waals surface area contributed by atoms with Gasteiger partial charge in [0, 0.05) is 49.8 Å². The van der Waals surface area contributed by atoms with Gasteiger partial charge in [-0.25, -0.2) is 8.78 Å². The molecule has 0 aliphatic carbocycles. The third-order valence-electron chi connectivity index (χ3n) is 5.28. The summed E-state index contributed by atoms with van der Waals surface area (Å²) in [7, 11) is 0. The number of nitrogens with zero attached hydrogens (tertiary/aromatic N) is 3. The molecule has 3 aromatic rings. The summed E-state index contributed by atoms with van der Waals surface area (Å²) >= 11 is 0. The Morgan fingerprint density at radius 1 is 0.800 bits per heavy atom. The molecule has 1 aliphatic heterocycles. The molecule has 2 amide bonds. The Bertz CT molecular complexity index is 1040. The first kappa shape index (κ1) is 19.8. The van der Waals surface area contributed by atoms with E-state index < -0.39 is 11.6 Å². The van der Waals surface area contributed by atoms with Crippen LogP contribution in [0.4, 0.5) is 8.78 Å². The molecule has 7 heteroatoms. The number of carbonyl (C=O) groups excluding carboxylic acids is 2. The summed E-state index contributed by atoms with van der Waals surface area (Å²) in [5, 5.41) is 0. The molecular weight excluding hydrogens is 388 g/mol. The summed E-state index contributed by atoms with van der Waals surface area (Å²) < 4.78 is 28.5. The lowest BCUT2D eigenvalue weighted by Gasteiger charge is -2.35. The van der Waals surface area contributed by atoms with Crippen LogP contribution in [0.5, 0.6) is 0 Å². The molecule has 30 heavy (non-hydrogen) atoms. The Morgan fingerprint density at radius 3 is 2.07 bits per heavy atom. The number of amides is 2. The van der Waals surface area contributed by atoms with Gasteiger partial charge in [-0.05, 0) is 48.0 Å². The van der Waals surface area contributed by atoms with Crippen molar-refractivity contribution < 1.29 is 18.4 Å². The summed E-state index contributed by atoms with van der Waals surface area (Å²) in [6, 6.07) is 14.9. The van der Waals surface area contributed by atoms with Crippen molar-refractivity contribution in [2.45, 2.75) is 6.42 Å². The molecule has 1 saturated heterocycles. The number of hydrogen-bond acceptors (Lipinski definition) is 2. The van der Waals surface area contributed by atoms with Crippen molar-refractivity contribution in [2.24, 2.45) is 0 Å². The molecule has 5 nitrogen and oxygen atoms in total. The molecule has 1 aliphatic rings. The topological polar surface area (TPSA) is 45.6 Å². The molecule has 0 atom stereocenters. The maximum absolute atomic E-state index is 13.4. The van der Waals surface area contributed by atoms with Gasteiger partial charge in [0.15, 0.2) is 11.6 Å². The quantitative estimate of drug-likeness (QED) is 0.664. The number of rotatable bonds is 4. The molecule has 154 valence electrons. The lowest BCUT2D eigenvalue weighted by Crippen LogP contribution is -2.51. The number of piperazine rings is 1. The van der Waals surface area contributed by atoms with Crippen LogP contribution in [0.3, 0.4) is 0 Å². The zero-order valence-corrected chi connectivity index (χ0v) is 16.3. The Hall–Kier alpha value is -3.48. The number of hydrogen-bond donors (Lipinski definition) is 0. The lowest BCUT2D eigenvalue weighted by atomic mass is 10.1. The third-order valence-corrected chi connectivity index (χ3v) is 5.28. The minimum atomic E-state index is -1.04. The number of benzene rings is 2. The van der Waals surface area contributed by atoms with E-state index in [9.17, 15) is 18.4 Å². The van der Waals surface area contributed by atoms with Crippen LogP contribution >= 0.6 is 0 Å². The van der Waals surface area contributed by atoms with E-state index in [0.717, 1.165) is 23.4 Å². The van der Waals surface area contributed by atoms with E-state index in [1.807, 2.05) is 53.4 Å². The SMILES string of the molecule is O=C(Cc1ccc(-n2cccc2)cc1)N1CCN(C(=O)c2ccc(F)c(F)c2)CC1. The first-order valence-corrected chi connectivity index (χ1v) is 9.75. The van der Waals surface area contributed by atoms with Crippen LogP contribution < -0.4 is 0 Å². The van der Waals surface area contributed by atoms with E-state index in [0.29, 0.717) is 32.6 Å². The second kappa shape index (κ2) is 8.49. The summed E-state index contributed by atoms with van der Waals surface area (Å²) in [6.45, 7) is 1.54. The lowest BCUT2D eigenvalue weighted by molar-refractivity contribution is -0.131. The van der Waals surface area contributed by atoms with Crippen LogP contribution in [0.1, 0.15) is 15.9 Å². The van der Waals surface area contributed by atoms with E-state index in [4.69, 9.17) is 0 Å². The van der Waals surface area contributed by atoms with Gasteiger partial charge in [-0.3, -0.25) is 9.59 Å². The van der Waals surface area contributed by atoms with Crippen molar-refractivity contribution in [2.75, 3.05) is 26.2 Å². The zero-order valence-electron chi connectivity index (χ0n) is 16.3. The molecule has 0 unspecified atom stereocenters. The van der Waals surface area contributed by atoms with Crippen molar-refractivity contribution >= 4 is 11.8 Å². The highest BCUT2D eigenvalue weighted by atomic mass is 19.2. The fourth-order valence-corrected chi connectivity index (χ4v) is 3.55. The monoisotopic (exact) mass is 409 g/mol. The molecule has 0 spiro atoms. The number of aromatic nitrogens is 1. The Balaban J connectivity index is 1.32. The minimum Gasteiger partial charge on any atom is -0.339 e. The van der Waals surface area contributed by atoms with Gasteiger partial charge in [0.05, 0.1) is 6.42 Å². The Kier molecular flexibility index (Phi) is 5.61. The predicted molar refractivity (Wildman–Crippen MR) is 108 cm³/mol. The fraction of sp³-hybridized carbons (Fsp3) is 0.217. The highest BCUT2D eigenvalue weighted by molar-refractivity contribution is 5.94. The van der Waals surface area contributed by atoms with Gasteiger partial charge in [-0.15, -0.1) is 0 Å². The van der Waals surface area contributed by atoms with Crippen molar-refractivity contribution in [3.8, 4) is 5.69 Å². The highest BCUT2D eigenvalue weighted by Crippen LogP contribution is 2.15. The zero-order chi connectivity index (χ0) is 21.1. The molecule has 4 rings (SSSR count). The van der Waals surface area contributed by atoms with E-state index in [1.54, 1.807) is 9.80 Å². The average molecular weight is 409 g/mol. The van der Waals surface area contributed by atoms with Gasteiger partial charge < -0.3 is 14.4 Å². The molecule has 0 radical (unpaired) electrons. The summed E-state index contributed by atoms with van der Waals surface area (Å²) in [4.78, 5) is 28.4.